The minimum absolute atomic E-state index is 0.131. The SMILES string of the molecule is CN1CCC(c2ncc(-c3cnc([N+](=O)[O-])c(OCc4ccncc4)c3)s2)CC1.Cc1cnc(C2CCN(C)CC2)s1.O=[N+]([O-])c1ncc(Br)cc1OCc1ccncc1. The van der Waals surface area contributed by atoms with E-state index in [-0.39, 0.29) is 36.3 Å². The van der Waals surface area contributed by atoms with Gasteiger partial charge in [0.15, 0.2) is 6.20 Å². The van der Waals surface area contributed by atoms with E-state index in [1.807, 2.05) is 23.7 Å². The van der Waals surface area contributed by atoms with Crippen molar-refractivity contribution in [2.45, 2.75) is 57.7 Å². The molecule has 8 heterocycles. The molecule has 8 rings (SSSR count). The second-order valence-electron chi connectivity index (χ2n) is 14.4. The van der Waals surface area contributed by atoms with Crippen LogP contribution < -0.4 is 9.47 Å². The molecule has 0 N–H and O–H groups in total. The molecule has 0 amide bonds. The number of hydrogen-bond acceptors (Lipinski definition) is 16. The van der Waals surface area contributed by atoms with Crippen molar-refractivity contribution in [1.82, 2.24) is 39.7 Å². The van der Waals surface area contributed by atoms with Gasteiger partial charge in [0, 0.05) is 71.6 Å². The molecule has 0 spiro atoms. The van der Waals surface area contributed by atoms with E-state index in [4.69, 9.17) is 9.47 Å². The molecule has 0 atom stereocenters. The normalized spacial score (nSPS) is 14.9. The van der Waals surface area contributed by atoms with Gasteiger partial charge in [0.2, 0.25) is 11.5 Å². The smallest absolute Gasteiger partial charge is 0.406 e. The number of hydrogen-bond donors (Lipinski definition) is 0. The van der Waals surface area contributed by atoms with Crippen molar-refractivity contribution in [1.29, 1.82) is 0 Å². The Bertz CT molecular complexity index is 2300. The van der Waals surface area contributed by atoms with E-state index >= 15 is 0 Å². The Morgan fingerprint density at radius 1 is 0.683 bits per heavy atom. The number of aromatic nitrogens is 6. The van der Waals surface area contributed by atoms with Gasteiger partial charge in [-0.2, -0.15) is 0 Å². The molecular weight excluding hydrogens is 873 g/mol. The fourth-order valence-corrected chi connectivity index (χ4v) is 8.76. The summed E-state index contributed by atoms with van der Waals surface area (Å²) in [4.78, 5) is 52.7. The largest absolute Gasteiger partial charge is 0.481 e. The molecule has 0 bridgehead atoms. The van der Waals surface area contributed by atoms with E-state index in [0.717, 1.165) is 58.4 Å². The average Bonchev–Trinajstić information content (AvgIpc) is 3.94. The maximum atomic E-state index is 11.4. The van der Waals surface area contributed by atoms with Crippen LogP contribution in [-0.4, -0.2) is 89.8 Å². The predicted octanol–water partition coefficient (Wildman–Crippen LogP) is 8.88. The van der Waals surface area contributed by atoms with Gasteiger partial charge >= 0.3 is 11.6 Å². The van der Waals surface area contributed by atoms with E-state index in [1.165, 1.54) is 54.3 Å². The number of aryl methyl sites for hydroxylation is 1. The molecular formula is C41H45BrN10O6S2. The van der Waals surface area contributed by atoms with Gasteiger partial charge in [-0.05, 0) is 144 Å². The van der Waals surface area contributed by atoms with Crippen LogP contribution in [0.15, 0.2) is 90.4 Å². The first-order chi connectivity index (χ1) is 29.0. The number of nitro groups is 2. The van der Waals surface area contributed by atoms with Crippen LogP contribution in [0, 0.1) is 27.2 Å². The molecule has 2 aliphatic heterocycles. The summed E-state index contributed by atoms with van der Waals surface area (Å²) in [5, 5.41) is 24.6. The van der Waals surface area contributed by atoms with Crippen LogP contribution in [0.4, 0.5) is 11.6 Å². The van der Waals surface area contributed by atoms with Gasteiger partial charge in [-0.1, -0.05) is 0 Å². The molecule has 0 aliphatic carbocycles. The standard InChI is InChI=1S/C20H21N5O3S.C11H8BrN3O3.C10H16N2S/c1-24-8-4-15(5-9-24)20-23-12-18(29-20)16-10-17(19(22-11-16)25(26)27)28-13-14-2-6-21-7-3-14;12-9-5-10(11(14-6-9)15(16)17)18-7-8-1-3-13-4-2-8;1-8-7-11-10(13-8)9-3-5-12(2)6-4-9/h2-3,6-7,10-12,15H,4-5,8-9,13H2,1H3;1-6H,7H2;7,9H,3-6H2,1-2H3. The Morgan fingerprint density at radius 2 is 1.15 bits per heavy atom. The number of thiazole rings is 2. The van der Waals surface area contributed by atoms with E-state index < -0.39 is 9.85 Å². The Labute approximate surface area is 364 Å². The van der Waals surface area contributed by atoms with Gasteiger partial charge in [0.05, 0.1) is 19.4 Å². The Hall–Kier alpha value is -5.34. The first kappa shape index (κ1) is 44.2. The molecule has 314 valence electrons. The molecule has 0 aromatic carbocycles. The quantitative estimate of drug-likeness (QED) is 0.0885. The molecule has 60 heavy (non-hydrogen) atoms. The summed E-state index contributed by atoms with van der Waals surface area (Å²) >= 11 is 6.69. The Balaban J connectivity index is 0.000000166. The number of halogens is 1. The fourth-order valence-electron chi connectivity index (χ4n) is 6.43. The second-order valence-corrected chi connectivity index (χ2v) is 17.6. The third-order valence-electron chi connectivity index (χ3n) is 9.85. The highest BCUT2D eigenvalue weighted by Gasteiger charge is 2.24. The third-order valence-corrected chi connectivity index (χ3v) is 12.6. The molecule has 16 nitrogen and oxygen atoms in total. The number of rotatable bonds is 11. The van der Waals surface area contributed by atoms with Gasteiger partial charge in [-0.3, -0.25) is 9.97 Å². The first-order valence-corrected chi connectivity index (χ1v) is 21.7. The predicted molar refractivity (Wildman–Crippen MR) is 234 cm³/mol. The third kappa shape index (κ3) is 12.8. The maximum absolute atomic E-state index is 11.4. The van der Waals surface area contributed by atoms with Crippen molar-refractivity contribution in [3.05, 3.63) is 137 Å². The monoisotopic (exact) mass is 916 g/mol. The molecule has 6 aromatic heterocycles. The van der Waals surface area contributed by atoms with Crippen LogP contribution in [0.3, 0.4) is 0 Å². The zero-order valence-corrected chi connectivity index (χ0v) is 36.6. The van der Waals surface area contributed by atoms with Gasteiger partial charge in [-0.25, -0.2) is 9.97 Å². The lowest BCUT2D eigenvalue weighted by molar-refractivity contribution is -0.390. The zero-order valence-electron chi connectivity index (χ0n) is 33.4. The molecule has 2 fully saturated rings. The number of likely N-dealkylation sites (tertiary alicyclic amines) is 2. The van der Waals surface area contributed by atoms with Crippen LogP contribution in [0.5, 0.6) is 11.5 Å². The minimum Gasteiger partial charge on any atom is -0.481 e. The summed E-state index contributed by atoms with van der Waals surface area (Å²) in [5.74, 6) is 0.896. The minimum atomic E-state index is -0.575. The van der Waals surface area contributed by atoms with Gasteiger partial charge in [0.25, 0.3) is 0 Å². The second kappa shape index (κ2) is 21.8. The molecule has 2 aliphatic rings. The summed E-state index contributed by atoms with van der Waals surface area (Å²) in [6.07, 6.45) is 18.0. The van der Waals surface area contributed by atoms with E-state index in [1.54, 1.807) is 66.5 Å². The maximum Gasteiger partial charge on any atom is 0.406 e. The number of nitrogens with zero attached hydrogens (tertiary/aromatic N) is 10. The van der Waals surface area contributed by atoms with Crippen molar-refractivity contribution < 1.29 is 19.3 Å². The molecule has 6 aromatic rings. The summed E-state index contributed by atoms with van der Waals surface area (Å²) in [6, 6.07) is 10.4. The molecule has 19 heteroatoms. The van der Waals surface area contributed by atoms with Crippen molar-refractivity contribution >= 4 is 50.2 Å². The van der Waals surface area contributed by atoms with Crippen LogP contribution in [0.1, 0.15) is 63.5 Å². The highest BCUT2D eigenvalue weighted by Crippen LogP contribution is 2.37. The van der Waals surface area contributed by atoms with Crippen molar-refractivity contribution in [3.8, 4) is 21.9 Å². The molecule has 0 unspecified atom stereocenters. The number of piperidine rings is 2. The average molecular weight is 918 g/mol. The van der Waals surface area contributed by atoms with Crippen LogP contribution in [-0.2, 0) is 13.2 Å². The lowest BCUT2D eigenvalue weighted by Gasteiger charge is -2.27. The summed E-state index contributed by atoms with van der Waals surface area (Å²) in [7, 11) is 4.34. The van der Waals surface area contributed by atoms with Gasteiger partial charge < -0.3 is 39.5 Å². The van der Waals surface area contributed by atoms with Gasteiger partial charge in [0.1, 0.15) is 19.4 Å². The highest BCUT2D eigenvalue weighted by molar-refractivity contribution is 9.10. The number of pyridine rings is 4. The van der Waals surface area contributed by atoms with Gasteiger partial charge in [-0.15, -0.1) is 22.7 Å². The van der Waals surface area contributed by atoms with Crippen LogP contribution in [0.2, 0.25) is 0 Å². The van der Waals surface area contributed by atoms with Crippen LogP contribution >= 0.6 is 38.6 Å². The fraction of sp³-hybridized carbons (Fsp3) is 0.366. The first-order valence-electron chi connectivity index (χ1n) is 19.3. The van der Waals surface area contributed by atoms with Crippen LogP contribution in [0.25, 0.3) is 10.4 Å². The number of ether oxygens (including phenoxy) is 2. The van der Waals surface area contributed by atoms with E-state index in [9.17, 15) is 20.2 Å². The highest BCUT2D eigenvalue weighted by atomic mass is 79.9. The Kier molecular flexibility index (Phi) is 16.0. The topological polar surface area (TPSA) is 189 Å². The van der Waals surface area contributed by atoms with E-state index in [0.29, 0.717) is 10.4 Å². The van der Waals surface area contributed by atoms with E-state index in [2.05, 4.69) is 76.7 Å². The zero-order chi connectivity index (χ0) is 42.4. The van der Waals surface area contributed by atoms with Crippen molar-refractivity contribution in [2.24, 2.45) is 0 Å². The Morgan fingerprint density at radius 3 is 1.63 bits per heavy atom. The lowest BCUT2D eigenvalue weighted by Crippen LogP contribution is -2.29. The summed E-state index contributed by atoms with van der Waals surface area (Å²) in [6.45, 7) is 7.17. The molecule has 0 radical (unpaired) electrons. The van der Waals surface area contributed by atoms with Crippen molar-refractivity contribution in [3.63, 3.8) is 0 Å². The summed E-state index contributed by atoms with van der Waals surface area (Å²) < 4.78 is 11.8. The lowest BCUT2D eigenvalue weighted by atomic mass is 9.98. The molecule has 0 saturated carbocycles. The van der Waals surface area contributed by atoms with Crippen molar-refractivity contribution in [2.75, 3.05) is 40.3 Å². The molecule has 2 saturated heterocycles. The summed E-state index contributed by atoms with van der Waals surface area (Å²) in [5.41, 5.74) is 2.53.